The third kappa shape index (κ3) is 27.8. The van der Waals surface area contributed by atoms with Crippen molar-refractivity contribution in [2.45, 2.75) is 273 Å². The summed E-state index contributed by atoms with van der Waals surface area (Å²) in [5.41, 5.74) is 13.2. The Kier molecular flexibility index (Phi) is 41.2. The molecule has 126 heavy (non-hydrogen) atoms. The standard InChI is InChI=1S/C87H122IN7O28S3/c1-16-95(86(108)116-42-51-27-29-54(30-28-51)92-80(104)53(25-23-34-91-85(90)107)37-58(97)69(44(2)3)93-81(105)52(36-46(6)96)24-20-22-33-89)57-43-115-64(40-62(57)110-11)121-77-72(102)70(48(8)118-84(77)120-61-26-19-17-18-21-32-87(109)41-60(99)55(38-63(100)111-12)67(61)56(87)31-35-124-126-45(4)5)94-123-65-39-59(98)79(50(10)117-65)125-82(106)66-47(7)68(88)75(78(114-15)74(66)112-13)122-83-73(103)76(113-14)71(101)49(9)119-83/h17-18,27-31,44-45,48-50,52-53,57,59,61-62,64-65,69-73,76-77,79,83-84,94,98,101-103,109H,16,20,22-25,33-43,89H2,1-15H3,(H,92,104)(H,93,105)(H3,90,91,107)/b18-17-,56-31?/t48-,49+,50-,52-,53-,57+,59+,61+,62+,64+,65+,69+,70-,71+,72+,73-,76-,77-,79-,83+,84+,87+/m1/s1. The number of thioether (sulfide) groups is 1. The number of methoxy groups -OCH3 is 5. The van der Waals surface area contributed by atoms with Crippen LogP contribution in [0.2, 0.25) is 0 Å². The van der Waals surface area contributed by atoms with Gasteiger partial charge < -0.3 is 124 Å². The highest BCUT2D eigenvalue weighted by atomic mass is 127. The highest BCUT2D eigenvalue weighted by Gasteiger charge is 2.53. The average Bonchev–Trinajstić information content (AvgIpc) is 0.749. The number of fused-ring (bicyclic) bond motifs is 2. The summed E-state index contributed by atoms with van der Waals surface area (Å²) in [6.45, 7) is 17.4. The lowest BCUT2D eigenvalue weighted by Crippen LogP contribution is -2.65. The molecule has 13 N–H and O–H groups in total. The molecule has 0 unspecified atom stereocenters. The number of allylic oxidation sites excluding steroid dienone is 2. The Morgan fingerprint density at radius 2 is 1.49 bits per heavy atom. The predicted molar refractivity (Wildman–Crippen MR) is 475 cm³/mol. The third-order valence-corrected chi connectivity index (χ3v) is 27.8. The summed E-state index contributed by atoms with van der Waals surface area (Å²) < 4.78 is 79.9. The molecule has 5 amide bonds. The number of primary amides is 1. The minimum Gasteiger partial charge on any atom is -0.492 e. The van der Waals surface area contributed by atoms with E-state index >= 15 is 0 Å². The van der Waals surface area contributed by atoms with Crippen LogP contribution in [0.1, 0.15) is 154 Å². The Morgan fingerprint density at radius 1 is 0.802 bits per heavy atom. The first-order valence-corrected chi connectivity index (χ1v) is 46.3. The Balaban J connectivity index is 1.000. The van der Waals surface area contributed by atoms with Crippen molar-refractivity contribution in [1.29, 1.82) is 0 Å². The van der Waals surface area contributed by atoms with Crippen LogP contribution in [0, 0.1) is 51.9 Å². The monoisotopic (exact) mass is 1940 g/mol. The maximum atomic E-state index is 14.7. The Hall–Kier alpha value is -7.05. The maximum Gasteiger partial charge on any atom is 0.410 e. The van der Waals surface area contributed by atoms with Gasteiger partial charge in [-0.2, -0.15) is 5.48 Å². The normalized spacial score (nSPS) is 28.5. The van der Waals surface area contributed by atoms with Crippen molar-refractivity contribution < 1.29 is 135 Å². The second-order valence-electron chi connectivity index (χ2n) is 32.1. The molecule has 35 nitrogen and oxygen atoms in total. The van der Waals surface area contributed by atoms with Crippen LogP contribution in [0.5, 0.6) is 17.2 Å². The number of ether oxygens (including phenoxy) is 13. The first-order chi connectivity index (χ1) is 60.0. The summed E-state index contributed by atoms with van der Waals surface area (Å²) >= 11 is 2.77. The molecule has 2 aromatic rings. The fourth-order valence-electron chi connectivity index (χ4n) is 15.6. The van der Waals surface area contributed by atoms with Gasteiger partial charge in [-0.1, -0.05) is 109 Å². The molecule has 2 bridgehead atoms. The second-order valence-corrected chi connectivity index (χ2v) is 37.3. The number of aliphatic hydroxyl groups is 5. The van der Waals surface area contributed by atoms with E-state index in [0.29, 0.717) is 46.2 Å². The summed E-state index contributed by atoms with van der Waals surface area (Å²) in [5.74, 6) is 7.04. The molecule has 39 heteroatoms. The maximum absolute atomic E-state index is 14.7. The number of Topliss-reactive ketones (excluding diaryl/α,β-unsaturated/α-hetero) is 3. The lowest BCUT2D eigenvalue weighted by molar-refractivity contribution is -0.337. The summed E-state index contributed by atoms with van der Waals surface area (Å²) in [4.78, 5) is 130. The van der Waals surface area contributed by atoms with Gasteiger partial charge in [0.2, 0.25) is 29.0 Å². The number of carbonyl (C=O) groups excluding carboxylic acids is 9. The van der Waals surface area contributed by atoms with E-state index in [0.717, 1.165) is 11.8 Å². The number of hydrogen-bond acceptors (Lipinski definition) is 33. The molecule has 698 valence electrons. The number of rotatable bonds is 43. The fraction of sp³-hybridized carbons (Fsp3) is 0.644. The number of unbranched alkanes of at least 4 members (excludes halogenated alkanes) is 1. The van der Waals surface area contributed by atoms with E-state index in [4.69, 9.17) is 77.9 Å². The zero-order chi connectivity index (χ0) is 92.6. The summed E-state index contributed by atoms with van der Waals surface area (Å²) in [7, 11) is 9.66. The van der Waals surface area contributed by atoms with Crippen LogP contribution in [-0.4, -0.2) is 277 Å². The number of carbonyl (C=O) groups is 9. The molecule has 6 aliphatic rings. The molecular formula is C87H122IN7O28S3. The number of hydrogen-bond donors (Lipinski definition) is 11. The zero-order valence-corrected chi connectivity index (χ0v) is 78.3. The number of nitrogens with zero attached hydrogens (tertiary/aromatic N) is 1. The van der Waals surface area contributed by atoms with Crippen molar-refractivity contribution in [1.82, 2.24) is 21.0 Å². The van der Waals surface area contributed by atoms with E-state index in [1.165, 1.54) is 70.3 Å². The number of likely N-dealkylation sites (N-methyl/N-ethyl adjacent to an activating group) is 1. The van der Waals surface area contributed by atoms with Crippen molar-refractivity contribution in [2.24, 2.45) is 29.2 Å². The van der Waals surface area contributed by atoms with E-state index in [9.17, 15) is 68.7 Å². The first kappa shape index (κ1) is 104. The first-order valence-electron chi connectivity index (χ1n) is 42.0. The SMILES string of the molecule is CCN(C(=O)OCc1ccc(NC(=O)[C@H](CCCNC(N)=O)CC(=O)[C@@H](NC(=O)[C@H](CCCCN)CC(C)=O)C(C)C)cc1)[C@H]1CO[C@@H](O[C@H]2[C@H](O[C@H]3C#C/C=C\C#C[C@]4(O)CC(=O)C(CC(=O)OC)=C3C4=CCSSC(C)C)O[C@H](C)[C@@H](NO[C@H]3C[C@H](O)[C@H](SC(=O)c4c(C)c(I)c(O[C@@H]5O[C@@H](C)[C@H](O)[C@@H](OC)[C@H]5O)c(OC)c4OC)[C@@H](C)O3)[C@@H]2O)C[C@@H]1OC. The number of nitrogens with two attached hydrogens (primary N) is 2. The van der Waals surface area contributed by atoms with Crippen LogP contribution in [0.25, 0.3) is 0 Å². The van der Waals surface area contributed by atoms with Crippen LogP contribution in [0.3, 0.4) is 0 Å². The molecule has 0 radical (unpaired) electrons. The summed E-state index contributed by atoms with van der Waals surface area (Å²) in [5, 5.41) is 66.3. The molecule has 0 saturated carbocycles. The molecule has 0 spiro atoms. The Bertz CT molecular complexity index is 4320. The largest absolute Gasteiger partial charge is 0.492 e. The van der Waals surface area contributed by atoms with Crippen molar-refractivity contribution >= 4 is 114 Å². The molecule has 4 heterocycles. The van der Waals surface area contributed by atoms with Crippen molar-refractivity contribution in [3.8, 4) is 40.9 Å². The van der Waals surface area contributed by atoms with Gasteiger partial charge in [0.15, 0.2) is 47.5 Å². The number of amides is 5. The van der Waals surface area contributed by atoms with Crippen LogP contribution >= 0.6 is 55.9 Å². The smallest absolute Gasteiger partial charge is 0.410 e. The fourth-order valence-corrected chi connectivity index (χ4v) is 19.2. The van der Waals surface area contributed by atoms with Gasteiger partial charge in [0.25, 0.3) is 0 Å². The summed E-state index contributed by atoms with van der Waals surface area (Å²) in [6, 6.07) is 2.70. The van der Waals surface area contributed by atoms with Gasteiger partial charge in [0, 0.05) is 98.2 Å². The van der Waals surface area contributed by atoms with E-state index in [1.54, 1.807) is 89.6 Å². The van der Waals surface area contributed by atoms with Crippen LogP contribution in [-0.2, 0) is 87.6 Å². The Labute approximate surface area is 760 Å². The molecule has 22 atom stereocenters. The topological polar surface area (TPSA) is 487 Å². The number of halogens is 1. The lowest BCUT2D eigenvalue weighted by Gasteiger charge is -2.47. The number of hydroxylamine groups is 1. The van der Waals surface area contributed by atoms with Gasteiger partial charge in [0.05, 0.1) is 104 Å². The van der Waals surface area contributed by atoms with E-state index in [1.807, 2.05) is 36.4 Å². The molecular weight excluding hydrogens is 1810 g/mol. The number of anilines is 1. The number of ketones is 3. The molecule has 2 aromatic carbocycles. The van der Waals surface area contributed by atoms with Gasteiger partial charge in [-0.25, -0.2) is 9.59 Å². The molecule has 4 aliphatic heterocycles. The van der Waals surface area contributed by atoms with Gasteiger partial charge in [-0.3, -0.25) is 33.6 Å². The van der Waals surface area contributed by atoms with Crippen molar-refractivity contribution in [3.05, 3.63) is 79.5 Å². The third-order valence-electron chi connectivity index (χ3n) is 22.3. The van der Waals surface area contributed by atoms with Gasteiger partial charge in [-0.15, -0.1) is 0 Å². The van der Waals surface area contributed by atoms with Crippen molar-refractivity contribution in [2.75, 3.05) is 72.9 Å². The van der Waals surface area contributed by atoms with Gasteiger partial charge >= 0.3 is 18.1 Å². The second kappa shape index (κ2) is 49.8. The molecule has 0 aromatic heterocycles. The minimum atomic E-state index is -2.12. The number of urea groups is 1. The molecule has 8 rings (SSSR count). The highest BCUT2D eigenvalue weighted by Crippen LogP contribution is 2.50. The number of aliphatic hydroxyl groups excluding tert-OH is 4. The van der Waals surface area contributed by atoms with Crippen LogP contribution in [0.4, 0.5) is 15.3 Å². The summed E-state index contributed by atoms with van der Waals surface area (Å²) in [6.07, 6.45) is -14.7. The average molecular weight is 1940 g/mol. The Morgan fingerprint density at radius 3 is 2.13 bits per heavy atom. The minimum absolute atomic E-state index is 0.00437. The quantitative estimate of drug-likeness (QED) is 0.00848. The lowest BCUT2D eigenvalue weighted by atomic mass is 9.72. The highest BCUT2D eigenvalue weighted by molar-refractivity contribution is 14.1. The number of benzene rings is 2. The van der Waals surface area contributed by atoms with E-state index in [-0.39, 0.29) is 127 Å². The van der Waals surface area contributed by atoms with E-state index in [2.05, 4.69) is 45.1 Å². The van der Waals surface area contributed by atoms with E-state index < -0.39 is 193 Å². The molecule has 4 fully saturated rings. The van der Waals surface area contributed by atoms with Gasteiger partial charge in [-0.05, 0) is 138 Å². The molecule has 4 saturated heterocycles. The predicted octanol–water partition coefficient (Wildman–Crippen LogP) is 6.45. The number of nitrogens with one attached hydrogen (secondary N) is 4. The molecule has 2 aliphatic carbocycles. The van der Waals surface area contributed by atoms with Gasteiger partial charge in [0.1, 0.15) is 49.0 Å². The van der Waals surface area contributed by atoms with Crippen molar-refractivity contribution in [3.63, 3.8) is 0 Å². The van der Waals surface area contributed by atoms with Crippen LogP contribution < -0.4 is 47.1 Å². The number of esters is 1. The zero-order valence-electron chi connectivity index (χ0n) is 73.7. The van der Waals surface area contributed by atoms with Crippen LogP contribution in [0.15, 0.2) is 59.2 Å².